The largest absolute Gasteiger partial charge is 0.493 e. The van der Waals surface area contributed by atoms with Crippen molar-refractivity contribution < 1.29 is 9.47 Å². The minimum atomic E-state index is 0.108. The quantitative estimate of drug-likeness (QED) is 0.785. The summed E-state index contributed by atoms with van der Waals surface area (Å²) in [5.74, 6) is 1.45. The monoisotopic (exact) mass is 282 g/mol. The molecule has 0 radical (unpaired) electrons. The van der Waals surface area contributed by atoms with E-state index in [1.165, 1.54) is 0 Å². The molecule has 0 saturated heterocycles. The zero-order chi connectivity index (χ0) is 14.3. The van der Waals surface area contributed by atoms with Crippen LogP contribution in [0.1, 0.15) is 31.9 Å². The molecule has 5 heteroatoms. The highest BCUT2D eigenvalue weighted by Gasteiger charge is 2.10. The molecule has 106 valence electrons. The third kappa shape index (κ3) is 4.59. The Bertz CT molecular complexity index is 424. The second kappa shape index (κ2) is 7.84. The van der Waals surface area contributed by atoms with Gasteiger partial charge in [-0.1, -0.05) is 13.0 Å². The third-order valence-electron chi connectivity index (χ3n) is 2.79. The van der Waals surface area contributed by atoms with Crippen molar-refractivity contribution >= 4 is 17.3 Å². The van der Waals surface area contributed by atoms with Gasteiger partial charge in [0.05, 0.1) is 20.3 Å². The number of hydrogen-bond donors (Lipinski definition) is 2. The second-order valence-corrected chi connectivity index (χ2v) is 4.64. The molecule has 19 heavy (non-hydrogen) atoms. The first-order valence-corrected chi connectivity index (χ1v) is 6.79. The van der Waals surface area contributed by atoms with Gasteiger partial charge in [-0.25, -0.2) is 0 Å². The zero-order valence-electron chi connectivity index (χ0n) is 11.9. The molecule has 0 spiro atoms. The molecule has 1 rings (SSSR count). The lowest BCUT2D eigenvalue weighted by Crippen LogP contribution is -2.37. The summed E-state index contributed by atoms with van der Waals surface area (Å²) in [6, 6.07) is 5.96. The van der Waals surface area contributed by atoms with E-state index in [0.717, 1.165) is 30.0 Å². The van der Waals surface area contributed by atoms with Crippen molar-refractivity contribution in [2.75, 3.05) is 20.8 Å². The van der Waals surface area contributed by atoms with Crippen LogP contribution in [0.25, 0.3) is 0 Å². The number of thiocarbonyl (C=S) groups is 1. The standard InChI is InChI=1S/C14H22N2O2S/c1-5-8-15-14(19)16-10(2)11-6-7-12(17-3)13(9-11)18-4/h6-7,9-10H,5,8H2,1-4H3,(H2,15,16,19). The van der Waals surface area contributed by atoms with Crippen LogP contribution in [0.2, 0.25) is 0 Å². The molecule has 1 unspecified atom stereocenters. The summed E-state index contributed by atoms with van der Waals surface area (Å²) in [5, 5.41) is 7.06. The summed E-state index contributed by atoms with van der Waals surface area (Å²) < 4.78 is 10.5. The van der Waals surface area contributed by atoms with E-state index >= 15 is 0 Å². The Labute approximate surface area is 120 Å². The van der Waals surface area contributed by atoms with Crippen molar-refractivity contribution in [1.29, 1.82) is 0 Å². The minimum absolute atomic E-state index is 0.108. The van der Waals surface area contributed by atoms with Crippen molar-refractivity contribution in [2.45, 2.75) is 26.3 Å². The van der Waals surface area contributed by atoms with Gasteiger partial charge in [0.2, 0.25) is 0 Å². The molecule has 0 bridgehead atoms. The number of ether oxygens (including phenoxy) is 2. The molecule has 0 aliphatic carbocycles. The summed E-state index contributed by atoms with van der Waals surface area (Å²) in [6.07, 6.45) is 1.05. The Morgan fingerprint density at radius 2 is 1.95 bits per heavy atom. The topological polar surface area (TPSA) is 42.5 Å². The molecule has 0 heterocycles. The predicted octanol–water partition coefficient (Wildman–Crippen LogP) is 2.64. The highest BCUT2D eigenvalue weighted by atomic mass is 32.1. The van der Waals surface area contributed by atoms with Crippen LogP contribution in [-0.2, 0) is 0 Å². The van der Waals surface area contributed by atoms with Crippen LogP contribution >= 0.6 is 12.2 Å². The number of rotatable bonds is 6. The smallest absolute Gasteiger partial charge is 0.166 e. The lowest BCUT2D eigenvalue weighted by molar-refractivity contribution is 0.354. The molecule has 0 saturated carbocycles. The average molecular weight is 282 g/mol. The molecule has 1 aromatic rings. The summed E-state index contributed by atoms with van der Waals surface area (Å²) in [5.41, 5.74) is 1.10. The van der Waals surface area contributed by atoms with E-state index in [1.807, 2.05) is 18.2 Å². The average Bonchev–Trinajstić information content (AvgIpc) is 2.44. The summed E-state index contributed by atoms with van der Waals surface area (Å²) >= 11 is 5.23. The van der Waals surface area contributed by atoms with E-state index in [1.54, 1.807) is 14.2 Å². The highest BCUT2D eigenvalue weighted by molar-refractivity contribution is 7.80. The first-order valence-electron chi connectivity index (χ1n) is 6.38. The van der Waals surface area contributed by atoms with Crippen LogP contribution < -0.4 is 20.1 Å². The van der Waals surface area contributed by atoms with Gasteiger partial charge in [-0.3, -0.25) is 0 Å². The Morgan fingerprint density at radius 3 is 2.53 bits per heavy atom. The van der Waals surface area contributed by atoms with Gasteiger partial charge in [0.25, 0.3) is 0 Å². The van der Waals surface area contributed by atoms with Gasteiger partial charge < -0.3 is 20.1 Å². The van der Waals surface area contributed by atoms with Crippen molar-refractivity contribution in [1.82, 2.24) is 10.6 Å². The van der Waals surface area contributed by atoms with Crippen molar-refractivity contribution in [3.63, 3.8) is 0 Å². The molecule has 1 atom stereocenters. The number of benzene rings is 1. The molecule has 0 fully saturated rings. The minimum Gasteiger partial charge on any atom is -0.493 e. The molecule has 0 amide bonds. The van der Waals surface area contributed by atoms with E-state index in [-0.39, 0.29) is 6.04 Å². The maximum atomic E-state index is 5.30. The van der Waals surface area contributed by atoms with Gasteiger partial charge in [0, 0.05) is 6.54 Å². The van der Waals surface area contributed by atoms with E-state index in [4.69, 9.17) is 21.7 Å². The van der Waals surface area contributed by atoms with Crippen LogP contribution in [-0.4, -0.2) is 25.9 Å². The number of nitrogens with one attached hydrogen (secondary N) is 2. The SMILES string of the molecule is CCCNC(=S)NC(C)c1ccc(OC)c(OC)c1. The van der Waals surface area contributed by atoms with Crippen LogP contribution in [0.4, 0.5) is 0 Å². The molecule has 0 aliphatic rings. The van der Waals surface area contributed by atoms with Crippen molar-refractivity contribution in [3.8, 4) is 11.5 Å². The fourth-order valence-electron chi connectivity index (χ4n) is 1.69. The summed E-state index contributed by atoms with van der Waals surface area (Å²) in [4.78, 5) is 0. The fraction of sp³-hybridized carbons (Fsp3) is 0.500. The van der Waals surface area contributed by atoms with Gasteiger partial charge in [-0.2, -0.15) is 0 Å². The Balaban J connectivity index is 2.71. The zero-order valence-corrected chi connectivity index (χ0v) is 12.8. The second-order valence-electron chi connectivity index (χ2n) is 4.24. The summed E-state index contributed by atoms with van der Waals surface area (Å²) in [6.45, 7) is 5.04. The van der Waals surface area contributed by atoms with Crippen LogP contribution in [0, 0.1) is 0 Å². The number of methoxy groups -OCH3 is 2. The molecule has 4 nitrogen and oxygen atoms in total. The molecular formula is C14H22N2O2S. The highest BCUT2D eigenvalue weighted by Crippen LogP contribution is 2.29. The molecular weight excluding hydrogens is 260 g/mol. The van der Waals surface area contributed by atoms with Gasteiger partial charge in [-0.15, -0.1) is 0 Å². The van der Waals surface area contributed by atoms with Crippen LogP contribution in [0.5, 0.6) is 11.5 Å². The maximum Gasteiger partial charge on any atom is 0.166 e. The van der Waals surface area contributed by atoms with E-state index in [2.05, 4.69) is 24.5 Å². The van der Waals surface area contributed by atoms with Gasteiger partial charge in [-0.05, 0) is 43.3 Å². The molecule has 1 aromatic carbocycles. The Morgan fingerprint density at radius 1 is 1.26 bits per heavy atom. The predicted molar refractivity (Wildman–Crippen MR) is 82.0 cm³/mol. The molecule has 0 aromatic heterocycles. The number of hydrogen-bond acceptors (Lipinski definition) is 3. The van der Waals surface area contributed by atoms with Crippen LogP contribution in [0.3, 0.4) is 0 Å². The van der Waals surface area contributed by atoms with E-state index in [9.17, 15) is 0 Å². The molecule has 2 N–H and O–H groups in total. The van der Waals surface area contributed by atoms with Crippen LogP contribution in [0.15, 0.2) is 18.2 Å². The maximum absolute atomic E-state index is 5.30. The Kier molecular flexibility index (Phi) is 6.42. The van der Waals surface area contributed by atoms with Gasteiger partial charge in [0.1, 0.15) is 0 Å². The van der Waals surface area contributed by atoms with Crippen molar-refractivity contribution in [2.24, 2.45) is 0 Å². The van der Waals surface area contributed by atoms with Crippen molar-refractivity contribution in [3.05, 3.63) is 23.8 Å². The first kappa shape index (κ1) is 15.6. The molecule has 0 aliphatic heterocycles. The van der Waals surface area contributed by atoms with Gasteiger partial charge >= 0.3 is 0 Å². The van der Waals surface area contributed by atoms with E-state index < -0.39 is 0 Å². The first-order chi connectivity index (χ1) is 9.12. The van der Waals surface area contributed by atoms with E-state index in [0.29, 0.717) is 5.11 Å². The normalized spacial score (nSPS) is 11.6. The summed E-state index contributed by atoms with van der Waals surface area (Å²) in [7, 11) is 3.26. The lowest BCUT2D eigenvalue weighted by Gasteiger charge is -2.18. The van der Waals surface area contributed by atoms with Gasteiger partial charge in [0.15, 0.2) is 16.6 Å². The fourth-order valence-corrected chi connectivity index (χ4v) is 1.97. The third-order valence-corrected chi connectivity index (χ3v) is 3.05. The Hall–Kier alpha value is -1.49. The lowest BCUT2D eigenvalue weighted by atomic mass is 10.1.